The molecule has 0 spiro atoms. The van der Waals surface area contributed by atoms with E-state index in [-0.39, 0.29) is 10.8 Å². The second-order valence-corrected chi connectivity index (χ2v) is 10.3. The molecule has 1 saturated carbocycles. The largest absolute Gasteiger partial charge is 0.440 e. The Labute approximate surface area is 164 Å². The van der Waals surface area contributed by atoms with E-state index in [0.29, 0.717) is 11.7 Å². The van der Waals surface area contributed by atoms with E-state index in [2.05, 4.69) is 25.6 Å². The van der Waals surface area contributed by atoms with Crippen molar-refractivity contribution >= 4 is 37.3 Å². The van der Waals surface area contributed by atoms with E-state index in [1.165, 1.54) is 17.8 Å². The first-order chi connectivity index (χ1) is 12.5. The van der Waals surface area contributed by atoms with Crippen molar-refractivity contribution in [2.75, 3.05) is 0 Å². The fraction of sp³-hybridized carbons (Fsp3) is 0.278. The minimum absolute atomic E-state index is 0.239. The fourth-order valence-corrected chi connectivity index (χ4v) is 5.50. The highest BCUT2D eigenvalue weighted by Crippen LogP contribution is 2.38. The summed E-state index contributed by atoms with van der Waals surface area (Å²) in [7, 11) is -3.57. The number of hydrogen-bond acceptors (Lipinski definition) is 5. The molecule has 0 bridgehead atoms. The summed E-state index contributed by atoms with van der Waals surface area (Å²) >= 11 is 4.57. The summed E-state index contributed by atoms with van der Waals surface area (Å²) in [6, 6.07) is 10.9. The van der Waals surface area contributed by atoms with Crippen LogP contribution in [0.25, 0.3) is 10.6 Å². The van der Waals surface area contributed by atoms with Crippen LogP contribution >= 0.6 is 27.3 Å². The SMILES string of the molecule is O=S(=O)(NCc1cccc(Br)c1)c1ccc(-c2cnc(C3CCC3)o2)s1. The van der Waals surface area contributed by atoms with Gasteiger partial charge in [0, 0.05) is 16.9 Å². The van der Waals surface area contributed by atoms with Gasteiger partial charge in [0.25, 0.3) is 0 Å². The number of aromatic nitrogens is 1. The number of benzene rings is 1. The molecule has 1 fully saturated rings. The molecular weight excluding hydrogens is 436 g/mol. The molecule has 0 saturated heterocycles. The van der Waals surface area contributed by atoms with E-state index < -0.39 is 10.0 Å². The minimum Gasteiger partial charge on any atom is -0.440 e. The topological polar surface area (TPSA) is 72.2 Å². The molecule has 1 aliphatic rings. The maximum atomic E-state index is 12.5. The molecule has 1 aliphatic carbocycles. The molecule has 0 radical (unpaired) electrons. The average molecular weight is 453 g/mol. The van der Waals surface area contributed by atoms with Gasteiger partial charge in [0.2, 0.25) is 10.0 Å². The molecule has 2 aromatic heterocycles. The Morgan fingerprint density at radius 3 is 2.85 bits per heavy atom. The summed E-state index contributed by atoms with van der Waals surface area (Å²) in [5.74, 6) is 1.81. The Morgan fingerprint density at radius 2 is 2.12 bits per heavy atom. The van der Waals surface area contributed by atoms with Gasteiger partial charge in [-0.25, -0.2) is 18.1 Å². The molecule has 3 aromatic rings. The van der Waals surface area contributed by atoms with E-state index in [0.717, 1.165) is 33.6 Å². The number of nitrogens with one attached hydrogen (secondary N) is 1. The zero-order chi connectivity index (χ0) is 18.1. The molecule has 0 unspecified atom stereocenters. The van der Waals surface area contributed by atoms with Crippen LogP contribution in [0.4, 0.5) is 0 Å². The van der Waals surface area contributed by atoms with Gasteiger partial charge in [-0.15, -0.1) is 11.3 Å². The van der Waals surface area contributed by atoms with E-state index in [1.807, 2.05) is 24.3 Å². The van der Waals surface area contributed by atoms with Crippen molar-refractivity contribution in [2.45, 2.75) is 35.9 Å². The smallest absolute Gasteiger partial charge is 0.250 e. The summed E-state index contributed by atoms with van der Waals surface area (Å²) in [5, 5.41) is 0. The fourth-order valence-electron chi connectivity index (χ4n) is 2.74. The third kappa shape index (κ3) is 3.78. The number of oxazole rings is 1. The van der Waals surface area contributed by atoms with Crippen molar-refractivity contribution in [3.8, 4) is 10.6 Å². The third-order valence-corrected chi connectivity index (χ3v) is 7.91. The Hall–Kier alpha value is -1.48. The molecule has 0 amide bonds. The van der Waals surface area contributed by atoms with Crippen LogP contribution in [0.15, 0.2) is 55.7 Å². The lowest BCUT2D eigenvalue weighted by Crippen LogP contribution is -2.22. The summed E-state index contributed by atoms with van der Waals surface area (Å²) in [6.45, 7) is 0.239. The van der Waals surface area contributed by atoms with Crippen LogP contribution in [0.5, 0.6) is 0 Å². The average Bonchev–Trinajstić information content (AvgIpc) is 3.21. The van der Waals surface area contributed by atoms with Gasteiger partial charge in [0.1, 0.15) is 4.21 Å². The molecule has 26 heavy (non-hydrogen) atoms. The Morgan fingerprint density at radius 1 is 1.27 bits per heavy atom. The summed E-state index contributed by atoms with van der Waals surface area (Å²) in [5.41, 5.74) is 0.889. The zero-order valence-corrected chi connectivity index (χ0v) is 17.0. The highest BCUT2D eigenvalue weighted by molar-refractivity contribution is 9.10. The van der Waals surface area contributed by atoms with Crippen LogP contribution in [0.2, 0.25) is 0 Å². The van der Waals surface area contributed by atoms with Gasteiger partial charge in [-0.3, -0.25) is 0 Å². The van der Waals surface area contributed by atoms with Crippen LogP contribution in [-0.2, 0) is 16.6 Å². The second kappa shape index (κ2) is 7.26. The van der Waals surface area contributed by atoms with Gasteiger partial charge in [-0.05, 0) is 42.7 Å². The maximum Gasteiger partial charge on any atom is 0.250 e. The van der Waals surface area contributed by atoms with Crippen molar-refractivity contribution in [1.82, 2.24) is 9.71 Å². The number of nitrogens with zero attached hydrogens (tertiary/aromatic N) is 1. The number of sulfonamides is 1. The molecule has 0 aliphatic heterocycles. The number of halogens is 1. The molecule has 5 nitrogen and oxygen atoms in total. The molecule has 0 atom stereocenters. The van der Waals surface area contributed by atoms with Crippen molar-refractivity contribution in [1.29, 1.82) is 0 Å². The normalized spacial score (nSPS) is 15.1. The van der Waals surface area contributed by atoms with E-state index >= 15 is 0 Å². The lowest BCUT2D eigenvalue weighted by Gasteiger charge is -2.21. The van der Waals surface area contributed by atoms with Crippen LogP contribution in [0, 0.1) is 0 Å². The quantitative estimate of drug-likeness (QED) is 0.576. The zero-order valence-electron chi connectivity index (χ0n) is 13.8. The Kier molecular flexibility index (Phi) is 5.00. The van der Waals surface area contributed by atoms with E-state index in [4.69, 9.17) is 4.42 Å². The van der Waals surface area contributed by atoms with Crippen LogP contribution in [-0.4, -0.2) is 13.4 Å². The van der Waals surface area contributed by atoms with Gasteiger partial charge in [-0.2, -0.15) is 0 Å². The summed E-state index contributed by atoms with van der Waals surface area (Å²) in [6.07, 6.45) is 5.13. The van der Waals surface area contributed by atoms with Crippen LogP contribution in [0.3, 0.4) is 0 Å². The van der Waals surface area contributed by atoms with Crippen molar-refractivity contribution in [2.24, 2.45) is 0 Å². The first-order valence-corrected chi connectivity index (χ1v) is 11.4. The monoisotopic (exact) mass is 452 g/mol. The Balaban J connectivity index is 1.48. The van der Waals surface area contributed by atoms with Gasteiger partial charge in [-0.1, -0.05) is 34.5 Å². The molecule has 136 valence electrons. The number of rotatable bonds is 6. The summed E-state index contributed by atoms with van der Waals surface area (Å²) < 4.78 is 34.7. The maximum absolute atomic E-state index is 12.5. The second-order valence-electron chi connectivity index (χ2n) is 6.26. The van der Waals surface area contributed by atoms with Gasteiger partial charge < -0.3 is 4.42 Å². The molecule has 4 rings (SSSR count). The predicted molar refractivity (Wildman–Crippen MR) is 105 cm³/mol. The van der Waals surface area contributed by atoms with Gasteiger partial charge in [0.05, 0.1) is 11.1 Å². The van der Waals surface area contributed by atoms with Crippen molar-refractivity contribution in [3.63, 3.8) is 0 Å². The van der Waals surface area contributed by atoms with Crippen molar-refractivity contribution < 1.29 is 12.8 Å². The number of thiophene rings is 1. The first-order valence-electron chi connectivity index (χ1n) is 8.31. The Bertz CT molecular complexity index is 1020. The standard InChI is InChI=1S/C18H17BrN2O3S2/c19-14-6-1-3-12(9-14)10-21-26(22,23)17-8-7-16(25-17)15-11-20-18(24-15)13-4-2-5-13/h1,3,6-9,11,13,21H,2,4-5,10H2. The molecular formula is C18H17BrN2O3S2. The first kappa shape index (κ1) is 17.9. The minimum atomic E-state index is -3.57. The molecule has 2 heterocycles. The predicted octanol–water partition coefficient (Wildman–Crippen LogP) is 4.91. The molecule has 1 aromatic carbocycles. The highest BCUT2D eigenvalue weighted by Gasteiger charge is 2.25. The van der Waals surface area contributed by atoms with E-state index in [9.17, 15) is 8.42 Å². The summed E-state index contributed by atoms with van der Waals surface area (Å²) in [4.78, 5) is 5.11. The lowest BCUT2D eigenvalue weighted by molar-refractivity contribution is 0.338. The van der Waals surface area contributed by atoms with Crippen LogP contribution < -0.4 is 4.72 Å². The van der Waals surface area contributed by atoms with E-state index in [1.54, 1.807) is 18.3 Å². The molecule has 8 heteroatoms. The lowest BCUT2D eigenvalue weighted by atomic mass is 9.85. The third-order valence-electron chi connectivity index (χ3n) is 4.42. The highest BCUT2D eigenvalue weighted by atomic mass is 79.9. The molecule has 1 N–H and O–H groups in total. The van der Waals surface area contributed by atoms with Crippen LogP contribution in [0.1, 0.15) is 36.6 Å². The number of hydrogen-bond donors (Lipinski definition) is 1. The van der Waals surface area contributed by atoms with Crippen molar-refractivity contribution in [3.05, 3.63) is 58.5 Å². The van der Waals surface area contributed by atoms with Gasteiger partial charge in [0.15, 0.2) is 11.7 Å². The van der Waals surface area contributed by atoms with Gasteiger partial charge >= 0.3 is 0 Å².